The molecule has 0 aliphatic heterocycles. The molecule has 0 aromatic carbocycles. The summed E-state index contributed by atoms with van der Waals surface area (Å²) in [5.41, 5.74) is -0.479. The maximum Gasteiger partial charge on any atom is 0.302 e. The van der Waals surface area contributed by atoms with E-state index in [0.29, 0.717) is 0 Å². The smallest absolute Gasteiger partial charge is 0.302 e. The quantitative estimate of drug-likeness (QED) is 0.395. The summed E-state index contributed by atoms with van der Waals surface area (Å²) in [6, 6.07) is 0. The molecule has 0 amide bonds. The third-order valence-electron chi connectivity index (χ3n) is 3.09. The first kappa shape index (κ1) is 26.3. The molecule has 0 heterocycles. The van der Waals surface area contributed by atoms with Crippen LogP contribution in [0, 0.1) is 0 Å². The summed E-state index contributed by atoms with van der Waals surface area (Å²) < 4.78 is 9.80. The lowest BCUT2D eigenvalue weighted by atomic mass is 9.97. The van der Waals surface area contributed by atoms with Crippen LogP contribution >= 0.6 is 0 Å². The van der Waals surface area contributed by atoms with Gasteiger partial charge in [-0.1, -0.05) is 36.5 Å². The Balaban J connectivity index is 0. The summed E-state index contributed by atoms with van der Waals surface area (Å²) in [5.74, 6) is -0.816. The standard InChI is InChI=1S/C12H23NO5.C8H12/c1-9(14)17-7-11(3,4)13(16)12(5,6)8-18-10(2)15;1-4-5-6-7-8(2)3/h16H,7-8H2,1-6H3;4-7H,2H2,1,3H3/b;5-4-,7-6-. The van der Waals surface area contributed by atoms with Gasteiger partial charge in [0.1, 0.15) is 13.2 Å². The van der Waals surface area contributed by atoms with Crippen molar-refractivity contribution in [1.82, 2.24) is 5.06 Å². The number of nitrogens with zero attached hydrogens (tertiary/aromatic N) is 1. The average molecular weight is 370 g/mol. The van der Waals surface area contributed by atoms with E-state index in [9.17, 15) is 14.8 Å². The third kappa shape index (κ3) is 13.4. The van der Waals surface area contributed by atoms with Crippen LogP contribution in [-0.2, 0) is 19.1 Å². The van der Waals surface area contributed by atoms with Crippen molar-refractivity contribution in [3.63, 3.8) is 0 Å². The highest BCUT2D eigenvalue weighted by Crippen LogP contribution is 2.23. The maximum absolute atomic E-state index is 10.8. The van der Waals surface area contributed by atoms with E-state index in [1.807, 2.05) is 38.2 Å². The molecule has 150 valence electrons. The predicted molar refractivity (Wildman–Crippen MR) is 104 cm³/mol. The Bertz CT molecular complexity index is 488. The zero-order valence-electron chi connectivity index (χ0n) is 17.5. The minimum absolute atomic E-state index is 0.0440. The van der Waals surface area contributed by atoms with Crippen molar-refractivity contribution in [2.45, 2.75) is 66.5 Å². The monoisotopic (exact) mass is 369 g/mol. The van der Waals surface area contributed by atoms with Gasteiger partial charge in [-0.05, 0) is 41.5 Å². The van der Waals surface area contributed by atoms with Crippen LogP contribution in [0.5, 0.6) is 0 Å². The lowest BCUT2D eigenvalue weighted by Gasteiger charge is -2.42. The molecule has 0 unspecified atom stereocenters. The van der Waals surface area contributed by atoms with Crippen molar-refractivity contribution in [3.05, 3.63) is 36.5 Å². The third-order valence-corrected chi connectivity index (χ3v) is 3.09. The van der Waals surface area contributed by atoms with Crippen LogP contribution in [-0.4, -0.2) is 46.5 Å². The second-order valence-corrected chi connectivity index (χ2v) is 7.23. The topological polar surface area (TPSA) is 76.1 Å². The number of esters is 2. The second kappa shape index (κ2) is 12.4. The van der Waals surface area contributed by atoms with Gasteiger partial charge in [0.25, 0.3) is 0 Å². The minimum atomic E-state index is -0.782. The normalized spacial score (nSPS) is 12.1. The summed E-state index contributed by atoms with van der Waals surface area (Å²) in [6.07, 6.45) is 7.91. The van der Waals surface area contributed by atoms with Crippen molar-refractivity contribution in [3.8, 4) is 0 Å². The lowest BCUT2D eigenvalue weighted by molar-refractivity contribution is -0.244. The fourth-order valence-electron chi connectivity index (χ4n) is 1.83. The van der Waals surface area contributed by atoms with Crippen LogP contribution < -0.4 is 0 Å². The number of carbonyl (C=O) groups excluding carboxylic acids is 2. The summed E-state index contributed by atoms with van der Waals surface area (Å²) in [6.45, 7) is 17.3. The molecule has 0 aromatic rings. The van der Waals surface area contributed by atoms with E-state index in [0.717, 1.165) is 10.6 Å². The van der Waals surface area contributed by atoms with E-state index >= 15 is 0 Å². The van der Waals surface area contributed by atoms with Crippen LogP contribution in [0.15, 0.2) is 36.5 Å². The molecule has 0 aromatic heterocycles. The second-order valence-electron chi connectivity index (χ2n) is 7.23. The van der Waals surface area contributed by atoms with Gasteiger partial charge in [-0.25, -0.2) is 0 Å². The van der Waals surface area contributed by atoms with Crippen LogP contribution in [0.4, 0.5) is 0 Å². The van der Waals surface area contributed by atoms with Crippen molar-refractivity contribution >= 4 is 11.9 Å². The van der Waals surface area contributed by atoms with E-state index in [1.165, 1.54) is 13.8 Å². The first-order valence-corrected chi connectivity index (χ1v) is 8.47. The van der Waals surface area contributed by atoms with E-state index in [4.69, 9.17) is 9.47 Å². The Hall–Kier alpha value is -1.92. The molecule has 0 saturated heterocycles. The Kier molecular flexibility index (Phi) is 12.6. The number of hydrogen-bond acceptors (Lipinski definition) is 6. The van der Waals surface area contributed by atoms with Gasteiger partial charge in [0.15, 0.2) is 0 Å². The average Bonchev–Trinajstić information content (AvgIpc) is 2.51. The summed E-state index contributed by atoms with van der Waals surface area (Å²) in [4.78, 5) is 21.6. The van der Waals surface area contributed by atoms with Gasteiger partial charge < -0.3 is 14.7 Å². The predicted octanol–water partition coefficient (Wildman–Crippen LogP) is 4.06. The number of hydrogen-bond donors (Lipinski definition) is 1. The fourth-order valence-corrected chi connectivity index (χ4v) is 1.83. The molecule has 0 radical (unpaired) electrons. The molecule has 0 rings (SSSR count). The fraction of sp³-hybridized carbons (Fsp3) is 0.600. The van der Waals surface area contributed by atoms with Gasteiger partial charge in [0.2, 0.25) is 0 Å². The molecular weight excluding hydrogens is 334 g/mol. The molecule has 0 spiro atoms. The summed E-state index contributed by atoms with van der Waals surface area (Å²) in [7, 11) is 0. The lowest BCUT2D eigenvalue weighted by Crippen LogP contribution is -2.58. The number of rotatable bonds is 8. The van der Waals surface area contributed by atoms with Crippen molar-refractivity contribution in [1.29, 1.82) is 0 Å². The molecule has 1 N–H and O–H groups in total. The van der Waals surface area contributed by atoms with Gasteiger partial charge in [-0.3, -0.25) is 9.59 Å². The summed E-state index contributed by atoms with van der Waals surface area (Å²) in [5, 5.41) is 11.2. The molecule has 6 nitrogen and oxygen atoms in total. The molecule has 0 atom stereocenters. The van der Waals surface area contributed by atoms with Gasteiger partial charge in [0, 0.05) is 13.8 Å². The van der Waals surface area contributed by atoms with Gasteiger partial charge in [-0.2, -0.15) is 5.06 Å². The first-order chi connectivity index (χ1) is 11.8. The van der Waals surface area contributed by atoms with Gasteiger partial charge in [-0.15, -0.1) is 0 Å². The largest absolute Gasteiger partial charge is 0.464 e. The van der Waals surface area contributed by atoms with E-state index in [2.05, 4.69) is 6.58 Å². The zero-order valence-corrected chi connectivity index (χ0v) is 17.5. The van der Waals surface area contributed by atoms with E-state index in [-0.39, 0.29) is 13.2 Å². The highest BCUT2D eigenvalue weighted by molar-refractivity contribution is 5.66. The molecule has 6 heteroatoms. The van der Waals surface area contributed by atoms with Crippen LogP contribution in [0.2, 0.25) is 0 Å². The molecule has 0 aliphatic rings. The van der Waals surface area contributed by atoms with Crippen molar-refractivity contribution < 1.29 is 24.3 Å². The summed E-state index contributed by atoms with van der Waals surface area (Å²) >= 11 is 0. The Labute approximate surface area is 158 Å². The Morgan fingerprint density at radius 3 is 1.62 bits per heavy atom. The van der Waals surface area contributed by atoms with Crippen LogP contribution in [0.3, 0.4) is 0 Å². The van der Waals surface area contributed by atoms with Crippen LogP contribution in [0.25, 0.3) is 0 Å². The molecule has 0 saturated carbocycles. The number of carbonyl (C=O) groups is 2. The first-order valence-electron chi connectivity index (χ1n) is 8.47. The zero-order chi connectivity index (χ0) is 21.0. The van der Waals surface area contributed by atoms with Crippen molar-refractivity contribution in [2.75, 3.05) is 13.2 Å². The SMILES string of the molecule is C=C(C)/C=C\C=C/C.CC(=O)OCC(C)(C)N(O)C(C)(C)COC(C)=O. The molecular formula is C20H35NO5. The molecule has 0 bridgehead atoms. The molecule has 26 heavy (non-hydrogen) atoms. The van der Waals surface area contributed by atoms with Crippen molar-refractivity contribution in [2.24, 2.45) is 0 Å². The van der Waals surface area contributed by atoms with E-state index < -0.39 is 23.0 Å². The number of hydroxylamine groups is 2. The van der Waals surface area contributed by atoms with Gasteiger partial charge >= 0.3 is 11.9 Å². The minimum Gasteiger partial charge on any atom is -0.464 e. The molecule has 0 fully saturated rings. The molecule has 0 aliphatic carbocycles. The van der Waals surface area contributed by atoms with E-state index in [1.54, 1.807) is 27.7 Å². The number of ether oxygens (including phenoxy) is 2. The van der Waals surface area contributed by atoms with Crippen LogP contribution in [0.1, 0.15) is 55.4 Å². The maximum atomic E-state index is 10.8. The highest BCUT2D eigenvalue weighted by Gasteiger charge is 2.38. The number of allylic oxidation sites excluding steroid dienone is 5. The highest BCUT2D eigenvalue weighted by atomic mass is 16.6. The van der Waals surface area contributed by atoms with Gasteiger partial charge in [0.05, 0.1) is 11.1 Å². The Morgan fingerprint density at radius 1 is 0.962 bits per heavy atom. The Morgan fingerprint density at radius 2 is 1.35 bits per heavy atom.